The minimum Gasteiger partial charge on any atom is -0.480 e. The highest BCUT2D eigenvalue weighted by Crippen LogP contribution is 2.34. The number of hydrogen-bond acceptors (Lipinski definition) is 8. The summed E-state index contributed by atoms with van der Waals surface area (Å²) in [5.74, 6) is 1.30. The quantitative estimate of drug-likeness (QED) is 0.770. The molecule has 4 rings (SSSR count). The molecule has 0 saturated heterocycles. The van der Waals surface area contributed by atoms with Crippen molar-refractivity contribution in [2.24, 2.45) is 0 Å². The first-order valence-corrected chi connectivity index (χ1v) is 7.97. The molecule has 0 saturated carbocycles. The molecule has 2 aromatic heterocycles. The second-order valence-corrected chi connectivity index (χ2v) is 5.76. The standard InChI is InChI=1S/C17H17N5O3/c1-24-15-7-6-12(19-20-15)17-18-16(25-21-17)10-22-9-8-14(23)11-4-2-3-5-13(11)22/h2-7,14,23H,8-10H2,1H3. The monoisotopic (exact) mass is 339 g/mol. The van der Waals surface area contributed by atoms with Crippen LogP contribution in [0, 0.1) is 0 Å². The highest BCUT2D eigenvalue weighted by atomic mass is 16.5. The molecule has 8 nitrogen and oxygen atoms in total. The molecule has 0 fully saturated rings. The van der Waals surface area contributed by atoms with Crippen LogP contribution >= 0.6 is 0 Å². The van der Waals surface area contributed by atoms with Crippen LogP contribution in [0.3, 0.4) is 0 Å². The molecule has 3 aromatic rings. The second-order valence-electron chi connectivity index (χ2n) is 5.76. The highest BCUT2D eigenvalue weighted by Gasteiger charge is 2.24. The summed E-state index contributed by atoms with van der Waals surface area (Å²) in [6.07, 6.45) is 0.238. The van der Waals surface area contributed by atoms with Gasteiger partial charge in [-0.3, -0.25) is 0 Å². The number of para-hydroxylation sites is 1. The van der Waals surface area contributed by atoms with Gasteiger partial charge in [0, 0.05) is 23.9 Å². The molecule has 1 N–H and O–H groups in total. The predicted molar refractivity (Wildman–Crippen MR) is 88.9 cm³/mol. The van der Waals surface area contributed by atoms with Gasteiger partial charge in [-0.2, -0.15) is 4.98 Å². The van der Waals surface area contributed by atoms with Gasteiger partial charge < -0.3 is 19.3 Å². The molecule has 1 atom stereocenters. The number of ether oxygens (including phenoxy) is 1. The minimum absolute atomic E-state index is 0.385. The molecular formula is C17H17N5O3. The third kappa shape index (κ3) is 3.03. The van der Waals surface area contributed by atoms with Gasteiger partial charge in [-0.25, -0.2) is 0 Å². The number of methoxy groups -OCH3 is 1. The van der Waals surface area contributed by atoms with Crippen LogP contribution in [0.1, 0.15) is 24.0 Å². The Morgan fingerprint density at radius 2 is 2.12 bits per heavy atom. The number of aromatic nitrogens is 4. The first-order valence-electron chi connectivity index (χ1n) is 7.97. The lowest BCUT2D eigenvalue weighted by Crippen LogP contribution is -2.30. The Bertz CT molecular complexity index is 865. The van der Waals surface area contributed by atoms with Crippen molar-refractivity contribution in [3.63, 3.8) is 0 Å². The van der Waals surface area contributed by atoms with E-state index in [1.807, 2.05) is 24.3 Å². The predicted octanol–water partition coefficient (Wildman–Crippen LogP) is 1.98. The Kier molecular flexibility index (Phi) is 4.02. The maximum absolute atomic E-state index is 10.1. The zero-order chi connectivity index (χ0) is 17.2. The fourth-order valence-corrected chi connectivity index (χ4v) is 2.91. The molecule has 25 heavy (non-hydrogen) atoms. The lowest BCUT2D eigenvalue weighted by molar-refractivity contribution is 0.163. The van der Waals surface area contributed by atoms with Crippen molar-refractivity contribution in [1.29, 1.82) is 0 Å². The fourth-order valence-electron chi connectivity index (χ4n) is 2.91. The van der Waals surface area contributed by atoms with E-state index < -0.39 is 6.10 Å². The van der Waals surface area contributed by atoms with Crippen molar-refractivity contribution < 1.29 is 14.4 Å². The highest BCUT2D eigenvalue weighted by molar-refractivity contribution is 5.56. The number of aliphatic hydroxyl groups is 1. The Hall–Kier alpha value is -3.00. The number of aliphatic hydroxyl groups excluding tert-OH is 1. The van der Waals surface area contributed by atoms with Gasteiger partial charge in [0.1, 0.15) is 5.69 Å². The summed E-state index contributed by atoms with van der Waals surface area (Å²) in [6, 6.07) is 11.2. The van der Waals surface area contributed by atoms with Gasteiger partial charge in [-0.05, 0) is 18.6 Å². The van der Waals surface area contributed by atoms with Gasteiger partial charge in [0.05, 0.1) is 19.8 Å². The van der Waals surface area contributed by atoms with Crippen molar-refractivity contribution >= 4 is 5.69 Å². The Morgan fingerprint density at radius 3 is 2.92 bits per heavy atom. The van der Waals surface area contributed by atoms with Gasteiger partial charge in [-0.15, -0.1) is 10.2 Å². The number of anilines is 1. The van der Waals surface area contributed by atoms with Crippen LogP contribution in [0.2, 0.25) is 0 Å². The number of nitrogens with zero attached hydrogens (tertiary/aromatic N) is 5. The van der Waals surface area contributed by atoms with Crippen LogP contribution in [-0.4, -0.2) is 39.1 Å². The number of rotatable bonds is 4. The molecule has 0 spiro atoms. The molecule has 0 amide bonds. The lowest BCUT2D eigenvalue weighted by atomic mass is 9.99. The van der Waals surface area contributed by atoms with E-state index in [0.29, 0.717) is 36.3 Å². The fraction of sp³-hybridized carbons (Fsp3) is 0.294. The number of benzene rings is 1. The molecule has 1 aliphatic heterocycles. The van der Waals surface area contributed by atoms with Crippen LogP contribution in [-0.2, 0) is 6.54 Å². The molecule has 1 aliphatic rings. The molecule has 1 unspecified atom stereocenters. The van der Waals surface area contributed by atoms with Crippen LogP contribution < -0.4 is 9.64 Å². The lowest BCUT2D eigenvalue weighted by Gasteiger charge is -2.32. The van der Waals surface area contributed by atoms with E-state index in [1.165, 1.54) is 7.11 Å². The normalized spacial score (nSPS) is 16.6. The summed E-state index contributed by atoms with van der Waals surface area (Å²) >= 11 is 0. The molecule has 0 aliphatic carbocycles. The molecular weight excluding hydrogens is 322 g/mol. The van der Waals surface area contributed by atoms with Crippen molar-refractivity contribution in [3.8, 4) is 17.4 Å². The largest absolute Gasteiger partial charge is 0.480 e. The van der Waals surface area contributed by atoms with Crippen molar-refractivity contribution in [2.75, 3.05) is 18.6 Å². The van der Waals surface area contributed by atoms with E-state index in [1.54, 1.807) is 12.1 Å². The topological polar surface area (TPSA) is 97.4 Å². The van der Waals surface area contributed by atoms with Gasteiger partial charge in [-0.1, -0.05) is 23.4 Å². The molecule has 128 valence electrons. The van der Waals surface area contributed by atoms with E-state index in [0.717, 1.165) is 17.8 Å². The molecule has 0 radical (unpaired) electrons. The van der Waals surface area contributed by atoms with Crippen LogP contribution in [0.25, 0.3) is 11.5 Å². The average Bonchev–Trinajstić information content (AvgIpc) is 3.13. The van der Waals surface area contributed by atoms with Gasteiger partial charge in [0.25, 0.3) is 0 Å². The Balaban J connectivity index is 1.54. The zero-order valence-corrected chi connectivity index (χ0v) is 13.7. The summed E-state index contributed by atoms with van der Waals surface area (Å²) in [6.45, 7) is 1.19. The minimum atomic E-state index is -0.430. The smallest absolute Gasteiger partial charge is 0.246 e. The van der Waals surface area contributed by atoms with Crippen LogP contribution in [0.4, 0.5) is 5.69 Å². The second kappa shape index (κ2) is 6.48. The maximum Gasteiger partial charge on any atom is 0.246 e. The Labute approximate surface area is 144 Å². The number of hydrogen-bond donors (Lipinski definition) is 1. The molecule has 8 heteroatoms. The van der Waals surface area contributed by atoms with Gasteiger partial charge in [0.15, 0.2) is 0 Å². The van der Waals surface area contributed by atoms with Gasteiger partial charge in [0.2, 0.25) is 17.6 Å². The van der Waals surface area contributed by atoms with Crippen molar-refractivity contribution in [1.82, 2.24) is 20.3 Å². The Morgan fingerprint density at radius 1 is 1.24 bits per heavy atom. The maximum atomic E-state index is 10.1. The summed E-state index contributed by atoms with van der Waals surface area (Å²) in [5, 5.41) is 22.0. The zero-order valence-electron chi connectivity index (χ0n) is 13.7. The van der Waals surface area contributed by atoms with E-state index in [9.17, 15) is 5.11 Å². The molecule has 3 heterocycles. The average molecular weight is 339 g/mol. The molecule has 1 aromatic carbocycles. The first kappa shape index (κ1) is 15.5. The SMILES string of the molecule is COc1ccc(-c2noc(CN3CCC(O)c4ccccc43)n2)nn1. The third-order valence-corrected chi connectivity index (χ3v) is 4.18. The van der Waals surface area contributed by atoms with Crippen molar-refractivity contribution in [2.45, 2.75) is 19.1 Å². The number of fused-ring (bicyclic) bond motifs is 1. The van der Waals surface area contributed by atoms with E-state index in [-0.39, 0.29) is 0 Å². The van der Waals surface area contributed by atoms with E-state index >= 15 is 0 Å². The first-order chi connectivity index (χ1) is 12.2. The summed E-state index contributed by atoms with van der Waals surface area (Å²) in [5.41, 5.74) is 2.44. The van der Waals surface area contributed by atoms with E-state index in [4.69, 9.17) is 9.26 Å². The molecule has 0 bridgehead atoms. The third-order valence-electron chi connectivity index (χ3n) is 4.18. The van der Waals surface area contributed by atoms with Crippen LogP contribution in [0.5, 0.6) is 5.88 Å². The summed E-state index contributed by atoms with van der Waals surface area (Å²) in [7, 11) is 1.53. The van der Waals surface area contributed by atoms with Gasteiger partial charge >= 0.3 is 0 Å². The van der Waals surface area contributed by atoms with Crippen molar-refractivity contribution in [3.05, 3.63) is 47.9 Å². The van der Waals surface area contributed by atoms with Crippen LogP contribution in [0.15, 0.2) is 40.9 Å². The summed E-state index contributed by atoms with van der Waals surface area (Å²) in [4.78, 5) is 6.52. The summed E-state index contributed by atoms with van der Waals surface area (Å²) < 4.78 is 10.3. The van der Waals surface area contributed by atoms with E-state index in [2.05, 4.69) is 25.2 Å².